The molecule has 1 heteroatoms. The molecule has 0 bridgehead atoms. The minimum absolute atomic E-state index is 0.783. The zero-order valence-electron chi connectivity index (χ0n) is 10.2. The second-order valence-corrected chi connectivity index (χ2v) is 4.95. The lowest BCUT2D eigenvalue weighted by atomic mass is 9.90. The molecule has 1 N–H and O–H groups in total. The fraction of sp³-hybridized carbons (Fsp3) is 1.00. The average molecular weight is 197 g/mol. The van der Waals surface area contributed by atoms with Crippen LogP contribution in [0.1, 0.15) is 59.3 Å². The number of hydrogen-bond donors (Lipinski definition) is 1. The standard InChI is InChI=1S/C13H27N/c1-4-13(14-5-2)12-8-6-7-11(3)9-10-12/h11-14H,4-10H2,1-3H3. The summed E-state index contributed by atoms with van der Waals surface area (Å²) in [6.45, 7) is 8.09. The van der Waals surface area contributed by atoms with Crippen LogP contribution in [-0.2, 0) is 0 Å². The third kappa shape index (κ3) is 3.61. The van der Waals surface area contributed by atoms with Crippen LogP contribution in [0.3, 0.4) is 0 Å². The molecule has 1 rings (SSSR count). The zero-order valence-corrected chi connectivity index (χ0v) is 10.2. The maximum atomic E-state index is 3.64. The van der Waals surface area contributed by atoms with E-state index in [4.69, 9.17) is 0 Å². The molecule has 3 unspecified atom stereocenters. The Balaban J connectivity index is 2.40. The molecule has 0 spiro atoms. The van der Waals surface area contributed by atoms with Gasteiger partial charge in [0.15, 0.2) is 0 Å². The normalized spacial score (nSPS) is 31.1. The van der Waals surface area contributed by atoms with Crippen molar-refractivity contribution in [1.29, 1.82) is 0 Å². The van der Waals surface area contributed by atoms with Gasteiger partial charge in [0.2, 0.25) is 0 Å². The molecule has 1 aliphatic carbocycles. The Labute approximate surface area is 89.7 Å². The first-order chi connectivity index (χ1) is 6.77. The maximum absolute atomic E-state index is 3.64. The quantitative estimate of drug-likeness (QED) is 0.679. The van der Waals surface area contributed by atoms with E-state index in [2.05, 4.69) is 26.1 Å². The summed E-state index contributed by atoms with van der Waals surface area (Å²) in [7, 11) is 0. The first kappa shape index (κ1) is 12.0. The Bertz CT molecular complexity index is 144. The molecule has 84 valence electrons. The molecular formula is C13H27N. The zero-order chi connectivity index (χ0) is 10.4. The molecular weight excluding hydrogens is 170 g/mol. The van der Waals surface area contributed by atoms with Gasteiger partial charge in [0.1, 0.15) is 0 Å². The summed E-state index contributed by atoms with van der Waals surface area (Å²) in [5.74, 6) is 1.92. The second-order valence-electron chi connectivity index (χ2n) is 4.95. The van der Waals surface area contributed by atoms with Gasteiger partial charge in [0, 0.05) is 6.04 Å². The molecule has 3 atom stereocenters. The van der Waals surface area contributed by atoms with Crippen LogP contribution in [0.15, 0.2) is 0 Å². The highest BCUT2D eigenvalue weighted by Gasteiger charge is 2.22. The molecule has 1 aliphatic rings. The largest absolute Gasteiger partial charge is 0.314 e. The van der Waals surface area contributed by atoms with Crippen LogP contribution in [0.2, 0.25) is 0 Å². The molecule has 0 amide bonds. The topological polar surface area (TPSA) is 12.0 Å². The van der Waals surface area contributed by atoms with Gasteiger partial charge in [0.05, 0.1) is 0 Å². The summed E-state index contributed by atoms with van der Waals surface area (Å²) < 4.78 is 0. The van der Waals surface area contributed by atoms with Gasteiger partial charge in [-0.15, -0.1) is 0 Å². The van der Waals surface area contributed by atoms with Crippen molar-refractivity contribution in [2.24, 2.45) is 11.8 Å². The van der Waals surface area contributed by atoms with Gasteiger partial charge in [-0.3, -0.25) is 0 Å². The Hall–Kier alpha value is -0.0400. The van der Waals surface area contributed by atoms with Crippen molar-refractivity contribution in [1.82, 2.24) is 5.32 Å². The lowest BCUT2D eigenvalue weighted by molar-refractivity contribution is 0.313. The molecule has 0 aromatic heterocycles. The smallest absolute Gasteiger partial charge is 0.00925 e. The Kier molecular flexibility index (Phi) is 5.54. The Morgan fingerprint density at radius 3 is 2.57 bits per heavy atom. The van der Waals surface area contributed by atoms with E-state index in [1.54, 1.807) is 0 Å². The highest BCUT2D eigenvalue weighted by atomic mass is 14.9. The minimum atomic E-state index is 0.783. The van der Waals surface area contributed by atoms with Crippen LogP contribution in [0, 0.1) is 11.8 Å². The van der Waals surface area contributed by atoms with Crippen molar-refractivity contribution in [2.45, 2.75) is 65.3 Å². The molecule has 1 nitrogen and oxygen atoms in total. The van der Waals surface area contributed by atoms with E-state index in [9.17, 15) is 0 Å². The molecule has 1 fully saturated rings. The molecule has 0 aliphatic heterocycles. The molecule has 0 heterocycles. The van der Waals surface area contributed by atoms with Gasteiger partial charge in [-0.05, 0) is 37.6 Å². The Morgan fingerprint density at radius 1 is 1.14 bits per heavy atom. The number of hydrogen-bond acceptors (Lipinski definition) is 1. The molecule has 0 aromatic rings. The van der Waals surface area contributed by atoms with Crippen LogP contribution in [-0.4, -0.2) is 12.6 Å². The van der Waals surface area contributed by atoms with Gasteiger partial charge in [0.25, 0.3) is 0 Å². The first-order valence-corrected chi connectivity index (χ1v) is 6.51. The molecule has 14 heavy (non-hydrogen) atoms. The summed E-state index contributed by atoms with van der Waals surface area (Å²) in [4.78, 5) is 0. The van der Waals surface area contributed by atoms with E-state index in [1.165, 1.54) is 38.5 Å². The average Bonchev–Trinajstić information content (AvgIpc) is 2.40. The highest BCUT2D eigenvalue weighted by molar-refractivity contribution is 4.78. The third-order valence-corrected chi connectivity index (χ3v) is 3.78. The van der Waals surface area contributed by atoms with Crippen molar-refractivity contribution < 1.29 is 0 Å². The third-order valence-electron chi connectivity index (χ3n) is 3.78. The second kappa shape index (κ2) is 6.44. The van der Waals surface area contributed by atoms with Crippen molar-refractivity contribution >= 4 is 0 Å². The van der Waals surface area contributed by atoms with Gasteiger partial charge < -0.3 is 5.32 Å². The van der Waals surface area contributed by atoms with Crippen LogP contribution in [0.4, 0.5) is 0 Å². The summed E-state index contributed by atoms with van der Waals surface area (Å²) in [6.07, 6.45) is 8.56. The molecule has 0 radical (unpaired) electrons. The van der Waals surface area contributed by atoms with Crippen LogP contribution in [0.25, 0.3) is 0 Å². The van der Waals surface area contributed by atoms with Crippen molar-refractivity contribution in [2.75, 3.05) is 6.54 Å². The van der Waals surface area contributed by atoms with E-state index in [0.29, 0.717) is 0 Å². The van der Waals surface area contributed by atoms with E-state index < -0.39 is 0 Å². The number of rotatable bonds is 4. The van der Waals surface area contributed by atoms with Crippen LogP contribution >= 0.6 is 0 Å². The van der Waals surface area contributed by atoms with Gasteiger partial charge in [-0.25, -0.2) is 0 Å². The lowest BCUT2D eigenvalue weighted by Crippen LogP contribution is -2.35. The number of nitrogens with one attached hydrogen (secondary N) is 1. The predicted molar refractivity (Wildman–Crippen MR) is 63.5 cm³/mol. The Morgan fingerprint density at radius 2 is 1.93 bits per heavy atom. The molecule has 1 saturated carbocycles. The lowest BCUT2D eigenvalue weighted by Gasteiger charge is -2.25. The maximum Gasteiger partial charge on any atom is 0.00925 e. The summed E-state index contributed by atoms with van der Waals surface area (Å²) in [5, 5.41) is 3.64. The van der Waals surface area contributed by atoms with Crippen molar-refractivity contribution in [3.63, 3.8) is 0 Å². The van der Waals surface area contributed by atoms with E-state index in [1.807, 2.05) is 0 Å². The van der Waals surface area contributed by atoms with E-state index in [0.717, 1.165) is 24.4 Å². The van der Waals surface area contributed by atoms with Crippen molar-refractivity contribution in [3.8, 4) is 0 Å². The summed E-state index contributed by atoms with van der Waals surface area (Å²) in [5.41, 5.74) is 0. The van der Waals surface area contributed by atoms with Gasteiger partial charge in [-0.1, -0.05) is 40.0 Å². The highest BCUT2D eigenvalue weighted by Crippen LogP contribution is 2.29. The summed E-state index contributed by atoms with van der Waals surface area (Å²) in [6, 6.07) is 0.783. The fourth-order valence-electron chi connectivity index (χ4n) is 2.82. The van der Waals surface area contributed by atoms with Crippen molar-refractivity contribution in [3.05, 3.63) is 0 Å². The molecule has 0 aromatic carbocycles. The monoisotopic (exact) mass is 197 g/mol. The molecule has 0 saturated heterocycles. The fourth-order valence-corrected chi connectivity index (χ4v) is 2.82. The van der Waals surface area contributed by atoms with Gasteiger partial charge in [-0.2, -0.15) is 0 Å². The first-order valence-electron chi connectivity index (χ1n) is 6.51. The van der Waals surface area contributed by atoms with Gasteiger partial charge >= 0.3 is 0 Å². The minimum Gasteiger partial charge on any atom is -0.314 e. The predicted octanol–water partition coefficient (Wildman–Crippen LogP) is 3.59. The van der Waals surface area contributed by atoms with E-state index >= 15 is 0 Å². The van der Waals surface area contributed by atoms with E-state index in [-0.39, 0.29) is 0 Å². The summed E-state index contributed by atoms with van der Waals surface area (Å²) >= 11 is 0. The SMILES string of the molecule is CCNC(CC)C1CCCC(C)CC1. The van der Waals surface area contributed by atoms with Crippen LogP contribution < -0.4 is 5.32 Å². The van der Waals surface area contributed by atoms with Crippen LogP contribution in [0.5, 0.6) is 0 Å².